The number of benzene rings is 1. The number of hydrogen-bond acceptors (Lipinski definition) is 5. The Morgan fingerprint density at radius 3 is 2.76 bits per heavy atom. The smallest absolute Gasteiger partial charge is 0.342 e. The maximum atomic E-state index is 12.7. The number of anilines is 1. The molecule has 0 spiro atoms. The molecule has 1 aliphatic rings. The SMILES string of the molecule is CCC1CCCCN1C(=O)C(C)OC(=O)c1cc(Cl)c(N)cc1OC. The number of amides is 1. The number of halogens is 1. The number of hydrogen-bond donors (Lipinski definition) is 1. The summed E-state index contributed by atoms with van der Waals surface area (Å²) in [6.07, 6.45) is 3.11. The summed E-state index contributed by atoms with van der Waals surface area (Å²) in [6.45, 7) is 4.36. The second kappa shape index (κ2) is 8.43. The average Bonchev–Trinajstić information content (AvgIpc) is 2.62. The molecular formula is C18H25ClN2O4. The highest BCUT2D eigenvalue weighted by molar-refractivity contribution is 6.33. The lowest BCUT2D eigenvalue weighted by atomic mass is 9.99. The summed E-state index contributed by atoms with van der Waals surface area (Å²) >= 11 is 5.98. The first-order valence-electron chi connectivity index (χ1n) is 8.53. The van der Waals surface area contributed by atoms with E-state index in [2.05, 4.69) is 6.92 Å². The Bertz CT molecular complexity index is 650. The third kappa shape index (κ3) is 4.37. The molecule has 0 aliphatic carbocycles. The minimum Gasteiger partial charge on any atom is -0.496 e. The fourth-order valence-corrected chi connectivity index (χ4v) is 3.28. The van der Waals surface area contributed by atoms with Crippen LogP contribution in [0.2, 0.25) is 5.02 Å². The zero-order valence-corrected chi connectivity index (χ0v) is 15.6. The van der Waals surface area contributed by atoms with Crippen LogP contribution in [0.15, 0.2) is 12.1 Å². The van der Waals surface area contributed by atoms with Crippen molar-refractivity contribution in [3.05, 3.63) is 22.7 Å². The monoisotopic (exact) mass is 368 g/mol. The van der Waals surface area contributed by atoms with Gasteiger partial charge in [-0.25, -0.2) is 4.79 Å². The first kappa shape index (κ1) is 19.4. The van der Waals surface area contributed by atoms with E-state index >= 15 is 0 Å². The Kier molecular flexibility index (Phi) is 6.53. The molecule has 1 aromatic rings. The van der Waals surface area contributed by atoms with Crippen molar-refractivity contribution in [3.8, 4) is 5.75 Å². The number of ether oxygens (including phenoxy) is 2. The van der Waals surface area contributed by atoms with Gasteiger partial charge in [0.05, 0.1) is 17.8 Å². The number of methoxy groups -OCH3 is 1. The molecule has 1 aromatic carbocycles. The number of carbonyl (C=O) groups is 2. The number of piperidine rings is 1. The van der Waals surface area contributed by atoms with Crippen molar-refractivity contribution in [2.45, 2.75) is 51.7 Å². The van der Waals surface area contributed by atoms with E-state index in [1.165, 1.54) is 19.2 Å². The standard InChI is InChI=1S/C18H25ClN2O4/c1-4-12-7-5-6-8-21(12)17(22)11(2)25-18(23)13-9-14(19)15(20)10-16(13)24-3/h9-12H,4-8,20H2,1-3H3. The van der Waals surface area contributed by atoms with Crippen LogP contribution in [0.1, 0.15) is 49.9 Å². The van der Waals surface area contributed by atoms with Gasteiger partial charge in [0.1, 0.15) is 11.3 Å². The number of nitrogens with zero attached hydrogens (tertiary/aromatic N) is 1. The van der Waals surface area contributed by atoms with Gasteiger partial charge in [0, 0.05) is 18.7 Å². The molecule has 1 aliphatic heterocycles. The molecule has 6 nitrogen and oxygen atoms in total. The number of likely N-dealkylation sites (tertiary alicyclic amines) is 1. The van der Waals surface area contributed by atoms with Crippen molar-refractivity contribution in [1.29, 1.82) is 0 Å². The van der Waals surface area contributed by atoms with Crippen LogP contribution >= 0.6 is 11.6 Å². The summed E-state index contributed by atoms with van der Waals surface area (Å²) in [4.78, 5) is 27.0. The summed E-state index contributed by atoms with van der Waals surface area (Å²) in [6, 6.07) is 3.07. The van der Waals surface area contributed by atoms with Crippen LogP contribution in [0.4, 0.5) is 5.69 Å². The topological polar surface area (TPSA) is 81.9 Å². The highest BCUT2D eigenvalue weighted by Crippen LogP contribution is 2.30. The van der Waals surface area contributed by atoms with Gasteiger partial charge >= 0.3 is 5.97 Å². The van der Waals surface area contributed by atoms with E-state index in [0.717, 1.165) is 25.7 Å². The molecule has 1 fully saturated rings. The van der Waals surface area contributed by atoms with E-state index in [4.69, 9.17) is 26.8 Å². The van der Waals surface area contributed by atoms with Gasteiger partial charge in [-0.3, -0.25) is 4.79 Å². The van der Waals surface area contributed by atoms with E-state index in [1.807, 2.05) is 4.90 Å². The van der Waals surface area contributed by atoms with Gasteiger partial charge in [-0.2, -0.15) is 0 Å². The van der Waals surface area contributed by atoms with Crippen molar-refractivity contribution in [1.82, 2.24) is 4.90 Å². The Balaban J connectivity index is 2.12. The first-order chi connectivity index (χ1) is 11.9. The first-order valence-corrected chi connectivity index (χ1v) is 8.91. The van der Waals surface area contributed by atoms with E-state index < -0.39 is 12.1 Å². The van der Waals surface area contributed by atoms with E-state index in [-0.39, 0.29) is 28.3 Å². The van der Waals surface area contributed by atoms with Crippen LogP contribution in [0.25, 0.3) is 0 Å². The summed E-state index contributed by atoms with van der Waals surface area (Å²) < 4.78 is 10.5. The molecule has 0 aromatic heterocycles. The van der Waals surface area contributed by atoms with E-state index in [1.54, 1.807) is 6.92 Å². The summed E-state index contributed by atoms with van der Waals surface area (Å²) in [5.41, 5.74) is 6.17. The van der Waals surface area contributed by atoms with Gasteiger partial charge in [-0.05, 0) is 38.7 Å². The van der Waals surface area contributed by atoms with Crippen LogP contribution < -0.4 is 10.5 Å². The third-order valence-corrected chi connectivity index (χ3v) is 4.88. The quantitative estimate of drug-likeness (QED) is 0.637. The second-order valence-corrected chi connectivity index (χ2v) is 6.62. The van der Waals surface area contributed by atoms with Gasteiger partial charge in [-0.1, -0.05) is 18.5 Å². The summed E-state index contributed by atoms with van der Waals surface area (Å²) in [5.74, 6) is -0.568. The molecule has 7 heteroatoms. The molecule has 138 valence electrons. The molecular weight excluding hydrogens is 344 g/mol. The zero-order chi connectivity index (χ0) is 18.6. The lowest BCUT2D eigenvalue weighted by molar-refractivity contribution is -0.143. The van der Waals surface area contributed by atoms with Crippen molar-refractivity contribution in [3.63, 3.8) is 0 Å². The maximum Gasteiger partial charge on any atom is 0.342 e. The normalized spacial score (nSPS) is 18.6. The molecule has 2 rings (SSSR count). The number of nitrogens with two attached hydrogens (primary N) is 1. The lowest BCUT2D eigenvalue weighted by Crippen LogP contribution is -2.48. The Labute approximate surface area is 153 Å². The fraction of sp³-hybridized carbons (Fsp3) is 0.556. The van der Waals surface area contributed by atoms with E-state index in [0.29, 0.717) is 12.2 Å². The number of esters is 1. The largest absolute Gasteiger partial charge is 0.496 e. The van der Waals surface area contributed by atoms with Crippen LogP contribution in [0.5, 0.6) is 5.75 Å². The predicted molar refractivity (Wildman–Crippen MR) is 96.9 cm³/mol. The average molecular weight is 369 g/mol. The molecule has 2 unspecified atom stereocenters. The lowest BCUT2D eigenvalue weighted by Gasteiger charge is -2.36. The minimum atomic E-state index is -0.874. The molecule has 1 heterocycles. The number of nitrogen functional groups attached to an aromatic ring is 1. The Hall–Kier alpha value is -1.95. The fourth-order valence-electron chi connectivity index (χ4n) is 3.12. The molecule has 2 atom stereocenters. The molecule has 1 saturated heterocycles. The number of carbonyl (C=O) groups excluding carboxylic acids is 2. The van der Waals surface area contributed by atoms with Gasteiger partial charge in [0.2, 0.25) is 0 Å². The van der Waals surface area contributed by atoms with Gasteiger partial charge in [0.15, 0.2) is 6.10 Å². The second-order valence-electron chi connectivity index (χ2n) is 6.21. The van der Waals surface area contributed by atoms with Gasteiger partial charge in [-0.15, -0.1) is 0 Å². The van der Waals surface area contributed by atoms with E-state index in [9.17, 15) is 9.59 Å². The predicted octanol–water partition coefficient (Wildman–Crippen LogP) is 3.27. The van der Waals surface area contributed by atoms with Crippen molar-refractivity contribution in [2.24, 2.45) is 0 Å². The number of rotatable bonds is 5. The zero-order valence-electron chi connectivity index (χ0n) is 14.9. The van der Waals surface area contributed by atoms with Crippen molar-refractivity contribution >= 4 is 29.2 Å². The molecule has 2 N–H and O–H groups in total. The molecule has 0 radical (unpaired) electrons. The minimum absolute atomic E-state index is 0.145. The molecule has 25 heavy (non-hydrogen) atoms. The highest BCUT2D eigenvalue weighted by atomic mass is 35.5. The Morgan fingerprint density at radius 1 is 1.40 bits per heavy atom. The molecule has 1 amide bonds. The van der Waals surface area contributed by atoms with Gasteiger partial charge in [0.25, 0.3) is 5.91 Å². The van der Waals surface area contributed by atoms with Crippen LogP contribution in [0.3, 0.4) is 0 Å². The van der Waals surface area contributed by atoms with Crippen LogP contribution in [-0.2, 0) is 9.53 Å². The summed E-state index contributed by atoms with van der Waals surface area (Å²) in [5, 5.41) is 0.230. The van der Waals surface area contributed by atoms with Crippen molar-refractivity contribution in [2.75, 3.05) is 19.4 Å². The summed E-state index contributed by atoms with van der Waals surface area (Å²) in [7, 11) is 1.42. The maximum absolute atomic E-state index is 12.7. The molecule has 0 saturated carbocycles. The van der Waals surface area contributed by atoms with Crippen LogP contribution in [0, 0.1) is 0 Å². The van der Waals surface area contributed by atoms with Gasteiger partial charge < -0.3 is 20.1 Å². The Morgan fingerprint density at radius 2 is 2.12 bits per heavy atom. The van der Waals surface area contributed by atoms with Crippen molar-refractivity contribution < 1.29 is 19.1 Å². The van der Waals surface area contributed by atoms with Crippen LogP contribution in [-0.4, -0.2) is 42.6 Å². The third-order valence-electron chi connectivity index (χ3n) is 4.55. The molecule has 0 bridgehead atoms. The highest BCUT2D eigenvalue weighted by Gasteiger charge is 2.31.